The molecule has 1 aliphatic rings. The Kier molecular flexibility index (Phi) is 6.18. The highest BCUT2D eigenvalue weighted by Crippen LogP contribution is 2.43. The molecule has 4 rings (SSSR count). The number of rotatable bonds is 6. The van der Waals surface area contributed by atoms with Crippen LogP contribution in [0.25, 0.3) is 0 Å². The minimum atomic E-state index is -0.512. The van der Waals surface area contributed by atoms with Gasteiger partial charge in [-0.1, -0.05) is 18.2 Å². The Hall–Kier alpha value is -4.44. The Labute approximate surface area is 191 Å². The number of carbonyl (C=O) groups excluding carboxylic acids is 1. The third-order valence-electron chi connectivity index (χ3n) is 5.25. The highest BCUT2D eigenvalue weighted by Gasteiger charge is 2.31. The second kappa shape index (κ2) is 9.37. The van der Waals surface area contributed by atoms with E-state index in [1.807, 2.05) is 31.2 Å². The van der Waals surface area contributed by atoms with Crippen LogP contribution in [0.3, 0.4) is 0 Å². The first-order chi connectivity index (χ1) is 16.0. The zero-order valence-corrected chi connectivity index (χ0v) is 18.2. The van der Waals surface area contributed by atoms with Gasteiger partial charge in [-0.3, -0.25) is 0 Å². The van der Waals surface area contributed by atoms with E-state index in [9.17, 15) is 10.1 Å². The van der Waals surface area contributed by atoms with E-state index < -0.39 is 11.9 Å². The van der Waals surface area contributed by atoms with Gasteiger partial charge in [-0.2, -0.15) is 5.26 Å². The Morgan fingerprint density at radius 2 is 1.70 bits per heavy atom. The SMILES string of the molecule is CCOc1ccc(C(=O)Oc2ccc3c(c2)OC(N)=C(C#N)C3c2ccc(OC)cc2)cc1. The predicted molar refractivity (Wildman–Crippen MR) is 121 cm³/mol. The summed E-state index contributed by atoms with van der Waals surface area (Å²) in [6, 6.07) is 21.3. The molecule has 1 heterocycles. The molecule has 3 aromatic rings. The van der Waals surface area contributed by atoms with Crippen molar-refractivity contribution in [2.75, 3.05) is 13.7 Å². The second-order valence-corrected chi connectivity index (χ2v) is 7.24. The van der Waals surface area contributed by atoms with Crippen LogP contribution >= 0.6 is 0 Å². The maximum absolute atomic E-state index is 12.6. The lowest BCUT2D eigenvalue weighted by atomic mass is 9.83. The molecule has 0 bridgehead atoms. The number of allylic oxidation sites excluding steroid dienone is 1. The number of methoxy groups -OCH3 is 1. The van der Waals surface area contributed by atoms with E-state index in [1.54, 1.807) is 49.6 Å². The standard InChI is InChI=1S/C26H22N2O5/c1-3-31-19-10-6-17(7-11-19)26(29)32-20-12-13-21-23(14-20)33-25(28)22(15-27)24(21)16-4-8-18(30-2)9-5-16/h4-14,24H,3,28H2,1-2H3. The van der Waals surface area contributed by atoms with E-state index in [0.29, 0.717) is 40.7 Å². The molecule has 7 heteroatoms. The molecule has 33 heavy (non-hydrogen) atoms. The molecular formula is C26H22N2O5. The number of nitriles is 1. The van der Waals surface area contributed by atoms with E-state index in [1.165, 1.54) is 0 Å². The summed E-state index contributed by atoms with van der Waals surface area (Å²) in [5.74, 6) is 1.19. The molecule has 2 N–H and O–H groups in total. The fraction of sp³-hybridized carbons (Fsp3) is 0.154. The maximum Gasteiger partial charge on any atom is 0.343 e. The molecule has 7 nitrogen and oxygen atoms in total. The summed E-state index contributed by atoms with van der Waals surface area (Å²) in [6.45, 7) is 2.43. The van der Waals surface area contributed by atoms with Crippen molar-refractivity contribution in [3.05, 3.63) is 94.9 Å². The first kappa shape index (κ1) is 21.8. The molecule has 0 amide bonds. The van der Waals surface area contributed by atoms with Crippen molar-refractivity contribution in [1.29, 1.82) is 5.26 Å². The highest BCUT2D eigenvalue weighted by molar-refractivity contribution is 5.91. The fourth-order valence-electron chi connectivity index (χ4n) is 3.66. The quantitative estimate of drug-likeness (QED) is 0.442. The smallest absolute Gasteiger partial charge is 0.343 e. The Bertz CT molecular complexity index is 1240. The lowest BCUT2D eigenvalue weighted by Gasteiger charge is -2.26. The molecule has 166 valence electrons. The molecule has 0 fully saturated rings. The van der Waals surface area contributed by atoms with E-state index in [4.69, 9.17) is 24.7 Å². The summed E-state index contributed by atoms with van der Waals surface area (Å²) in [5.41, 5.74) is 8.36. The average molecular weight is 442 g/mol. The lowest BCUT2D eigenvalue weighted by Crippen LogP contribution is -2.21. The van der Waals surface area contributed by atoms with Gasteiger partial charge in [-0.25, -0.2) is 4.79 Å². The van der Waals surface area contributed by atoms with Crippen molar-refractivity contribution < 1.29 is 23.7 Å². The number of ether oxygens (including phenoxy) is 4. The van der Waals surface area contributed by atoms with Gasteiger partial charge in [0, 0.05) is 11.6 Å². The number of nitrogens with zero attached hydrogens (tertiary/aromatic N) is 1. The molecule has 0 saturated carbocycles. The van der Waals surface area contributed by atoms with Gasteiger partial charge in [-0.05, 0) is 55.0 Å². The zero-order chi connectivity index (χ0) is 23.4. The van der Waals surface area contributed by atoms with Crippen molar-refractivity contribution in [2.45, 2.75) is 12.8 Å². The highest BCUT2D eigenvalue weighted by atomic mass is 16.5. The van der Waals surface area contributed by atoms with Crippen molar-refractivity contribution in [3.63, 3.8) is 0 Å². The van der Waals surface area contributed by atoms with Crippen LogP contribution < -0.4 is 24.7 Å². The van der Waals surface area contributed by atoms with Gasteiger partial charge in [-0.15, -0.1) is 0 Å². The van der Waals surface area contributed by atoms with Crippen LogP contribution in [-0.2, 0) is 0 Å². The van der Waals surface area contributed by atoms with Gasteiger partial charge in [0.15, 0.2) is 0 Å². The predicted octanol–water partition coefficient (Wildman–Crippen LogP) is 4.53. The number of hydrogen-bond donors (Lipinski definition) is 1. The molecule has 3 aromatic carbocycles. The summed E-state index contributed by atoms with van der Waals surface area (Å²) in [6.07, 6.45) is 0. The molecule has 1 aliphatic heterocycles. The van der Waals surface area contributed by atoms with Gasteiger partial charge in [0.2, 0.25) is 5.88 Å². The number of carbonyl (C=O) groups is 1. The van der Waals surface area contributed by atoms with Gasteiger partial charge in [0.25, 0.3) is 0 Å². The van der Waals surface area contributed by atoms with Crippen molar-refractivity contribution in [3.8, 4) is 29.1 Å². The lowest BCUT2D eigenvalue weighted by molar-refractivity contribution is 0.0734. The Morgan fingerprint density at radius 3 is 2.33 bits per heavy atom. The summed E-state index contributed by atoms with van der Waals surface area (Å²) < 4.78 is 21.9. The number of benzene rings is 3. The van der Waals surface area contributed by atoms with Crippen molar-refractivity contribution >= 4 is 5.97 Å². The number of fused-ring (bicyclic) bond motifs is 1. The van der Waals surface area contributed by atoms with Crippen molar-refractivity contribution in [1.82, 2.24) is 0 Å². The van der Waals surface area contributed by atoms with E-state index in [0.717, 1.165) is 11.1 Å². The summed E-state index contributed by atoms with van der Waals surface area (Å²) in [5, 5.41) is 9.70. The normalized spacial score (nSPS) is 14.5. The number of nitrogens with two attached hydrogens (primary N) is 1. The minimum Gasteiger partial charge on any atom is -0.497 e. The molecule has 0 spiro atoms. The van der Waals surface area contributed by atoms with Crippen LogP contribution in [0.2, 0.25) is 0 Å². The van der Waals surface area contributed by atoms with Gasteiger partial charge < -0.3 is 24.7 Å². The minimum absolute atomic E-state index is 0.0146. The summed E-state index contributed by atoms with van der Waals surface area (Å²) in [4.78, 5) is 12.6. The average Bonchev–Trinajstić information content (AvgIpc) is 2.84. The largest absolute Gasteiger partial charge is 0.497 e. The van der Waals surface area contributed by atoms with Crippen LogP contribution in [0, 0.1) is 11.3 Å². The molecular weight excluding hydrogens is 420 g/mol. The fourth-order valence-corrected chi connectivity index (χ4v) is 3.66. The molecule has 0 radical (unpaired) electrons. The monoisotopic (exact) mass is 442 g/mol. The molecule has 0 aliphatic carbocycles. The molecule has 0 aromatic heterocycles. The Balaban J connectivity index is 1.62. The van der Waals surface area contributed by atoms with E-state index in [2.05, 4.69) is 6.07 Å². The zero-order valence-electron chi connectivity index (χ0n) is 18.2. The van der Waals surface area contributed by atoms with Crippen LogP contribution in [-0.4, -0.2) is 19.7 Å². The van der Waals surface area contributed by atoms with E-state index in [-0.39, 0.29) is 5.88 Å². The Morgan fingerprint density at radius 1 is 1.03 bits per heavy atom. The first-order valence-electron chi connectivity index (χ1n) is 10.3. The topological polar surface area (TPSA) is 104 Å². The summed E-state index contributed by atoms with van der Waals surface area (Å²) >= 11 is 0. The van der Waals surface area contributed by atoms with Crippen LogP contribution in [0.15, 0.2) is 78.2 Å². The first-order valence-corrected chi connectivity index (χ1v) is 10.3. The number of hydrogen-bond acceptors (Lipinski definition) is 7. The van der Waals surface area contributed by atoms with Gasteiger partial charge >= 0.3 is 5.97 Å². The second-order valence-electron chi connectivity index (χ2n) is 7.24. The maximum atomic E-state index is 12.6. The third kappa shape index (κ3) is 4.46. The van der Waals surface area contributed by atoms with Crippen LogP contribution in [0.4, 0.5) is 0 Å². The third-order valence-corrected chi connectivity index (χ3v) is 5.25. The van der Waals surface area contributed by atoms with Crippen LogP contribution in [0.5, 0.6) is 23.0 Å². The molecule has 0 saturated heterocycles. The van der Waals surface area contributed by atoms with Crippen molar-refractivity contribution in [2.24, 2.45) is 5.73 Å². The van der Waals surface area contributed by atoms with Gasteiger partial charge in [0.1, 0.15) is 34.6 Å². The molecule has 1 unspecified atom stereocenters. The van der Waals surface area contributed by atoms with Gasteiger partial charge in [0.05, 0.1) is 25.2 Å². The molecule has 1 atom stereocenters. The van der Waals surface area contributed by atoms with Crippen LogP contribution in [0.1, 0.15) is 34.3 Å². The van der Waals surface area contributed by atoms with E-state index >= 15 is 0 Å². The number of esters is 1. The summed E-state index contributed by atoms with van der Waals surface area (Å²) in [7, 11) is 1.59.